The number of nitrogens with one attached hydrogen (secondary N) is 1. The van der Waals surface area contributed by atoms with Crippen LogP contribution < -0.4 is 5.32 Å². The van der Waals surface area contributed by atoms with E-state index in [2.05, 4.69) is 5.32 Å². The lowest BCUT2D eigenvalue weighted by Crippen LogP contribution is -2.13. The number of anilines is 1. The summed E-state index contributed by atoms with van der Waals surface area (Å²) in [6, 6.07) is 10.8. The number of hydrogen-bond donors (Lipinski definition) is 1. The van der Waals surface area contributed by atoms with E-state index in [1.165, 1.54) is 17.4 Å². The number of thiophene rings is 1. The molecule has 2 nitrogen and oxygen atoms in total. The molecular formula is C18H16FNOS. The first-order chi connectivity index (χ1) is 10.5. The number of benzene rings is 2. The standard InChI is InChI=1S/C18H16FNOS/c1-10-6-4-7-11(2)16(10)20-18(21)17-12(3)15-13(19)8-5-9-14(15)22-17/h4-9H,1-3H3,(H,20,21). The van der Waals surface area contributed by atoms with Crippen molar-refractivity contribution in [2.75, 3.05) is 5.32 Å². The molecule has 3 rings (SSSR count). The molecule has 0 atom stereocenters. The molecule has 0 aliphatic rings. The highest BCUT2D eigenvalue weighted by molar-refractivity contribution is 7.21. The van der Waals surface area contributed by atoms with E-state index in [-0.39, 0.29) is 11.7 Å². The van der Waals surface area contributed by atoms with Gasteiger partial charge in [-0.25, -0.2) is 4.39 Å². The molecule has 0 spiro atoms. The van der Waals surface area contributed by atoms with Crippen LogP contribution in [0.15, 0.2) is 36.4 Å². The highest BCUT2D eigenvalue weighted by Gasteiger charge is 2.18. The summed E-state index contributed by atoms with van der Waals surface area (Å²) in [6.45, 7) is 5.71. The van der Waals surface area contributed by atoms with Crippen LogP contribution in [0.25, 0.3) is 10.1 Å². The van der Waals surface area contributed by atoms with E-state index < -0.39 is 0 Å². The number of carbonyl (C=O) groups excluding carboxylic acids is 1. The first-order valence-corrected chi connectivity index (χ1v) is 7.86. The van der Waals surface area contributed by atoms with Crippen molar-refractivity contribution in [1.82, 2.24) is 0 Å². The van der Waals surface area contributed by atoms with Crippen LogP contribution in [0.2, 0.25) is 0 Å². The van der Waals surface area contributed by atoms with Gasteiger partial charge in [0.15, 0.2) is 0 Å². The number of para-hydroxylation sites is 1. The third-order valence-electron chi connectivity index (χ3n) is 3.83. The molecule has 0 bridgehead atoms. The van der Waals surface area contributed by atoms with Crippen molar-refractivity contribution >= 4 is 33.0 Å². The first-order valence-electron chi connectivity index (χ1n) is 7.04. The summed E-state index contributed by atoms with van der Waals surface area (Å²) in [5.41, 5.74) is 3.54. The van der Waals surface area contributed by atoms with Gasteiger partial charge in [0.1, 0.15) is 5.82 Å². The average Bonchev–Trinajstić information content (AvgIpc) is 2.81. The molecule has 1 N–H and O–H groups in total. The zero-order valence-electron chi connectivity index (χ0n) is 12.7. The van der Waals surface area contributed by atoms with Crippen LogP contribution in [-0.2, 0) is 0 Å². The van der Waals surface area contributed by atoms with Crippen LogP contribution in [0.4, 0.5) is 10.1 Å². The van der Waals surface area contributed by atoms with Crippen LogP contribution in [0.5, 0.6) is 0 Å². The molecule has 0 aliphatic heterocycles. The Bertz CT molecular complexity index is 862. The largest absolute Gasteiger partial charge is 0.321 e. The molecule has 1 aromatic heterocycles. The Morgan fingerprint density at radius 3 is 2.32 bits per heavy atom. The van der Waals surface area contributed by atoms with Gasteiger partial charge in [-0.05, 0) is 49.6 Å². The molecule has 0 aliphatic carbocycles. The normalized spacial score (nSPS) is 10.9. The van der Waals surface area contributed by atoms with Gasteiger partial charge in [0.25, 0.3) is 5.91 Å². The topological polar surface area (TPSA) is 29.1 Å². The minimum Gasteiger partial charge on any atom is -0.321 e. The van der Waals surface area contributed by atoms with E-state index in [9.17, 15) is 9.18 Å². The summed E-state index contributed by atoms with van der Waals surface area (Å²) in [4.78, 5) is 13.2. The number of hydrogen-bond acceptors (Lipinski definition) is 2. The predicted octanol–water partition coefficient (Wildman–Crippen LogP) is 5.22. The van der Waals surface area contributed by atoms with Gasteiger partial charge in [-0.15, -0.1) is 11.3 Å². The Labute approximate surface area is 132 Å². The smallest absolute Gasteiger partial charge is 0.266 e. The van der Waals surface area contributed by atoms with Crippen molar-refractivity contribution in [2.24, 2.45) is 0 Å². The van der Waals surface area contributed by atoms with E-state index in [4.69, 9.17) is 0 Å². The van der Waals surface area contributed by atoms with Crippen LogP contribution in [0.1, 0.15) is 26.4 Å². The monoisotopic (exact) mass is 313 g/mol. The number of carbonyl (C=O) groups is 1. The maximum Gasteiger partial charge on any atom is 0.266 e. The molecule has 0 unspecified atom stereocenters. The van der Waals surface area contributed by atoms with Crippen molar-refractivity contribution < 1.29 is 9.18 Å². The number of rotatable bonds is 2. The third kappa shape index (κ3) is 2.40. The zero-order chi connectivity index (χ0) is 15.9. The fraction of sp³-hybridized carbons (Fsp3) is 0.167. The van der Waals surface area contributed by atoms with Crippen LogP contribution in [0, 0.1) is 26.6 Å². The number of amides is 1. The van der Waals surface area contributed by atoms with Crippen LogP contribution in [0.3, 0.4) is 0 Å². The Morgan fingerprint density at radius 2 is 1.68 bits per heavy atom. The summed E-state index contributed by atoms with van der Waals surface area (Å²) in [6.07, 6.45) is 0. The molecule has 22 heavy (non-hydrogen) atoms. The van der Waals surface area contributed by atoms with E-state index in [0.29, 0.717) is 15.8 Å². The van der Waals surface area contributed by atoms with Crippen molar-refractivity contribution in [3.63, 3.8) is 0 Å². The molecule has 3 aromatic rings. The summed E-state index contributed by atoms with van der Waals surface area (Å²) >= 11 is 1.33. The molecule has 4 heteroatoms. The predicted molar refractivity (Wildman–Crippen MR) is 90.4 cm³/mol. The quantitative estimate of drug-likeness (QED) is 0.690. The molecule has 0 saturated heterocycles. The van der Waals surface area contributed by atoms with Gasteiger partial charge in [-0.2, -0.15) is 0 Å². The van der Waals surface area contributed by atoms with Crippen molar-refractivity contribution in [3.8, 4) is 0 Å². The number of aryl methyl sites for hydroxylation is 3. The van der Waals surface area contributed by atoms with Gasteiger partial charge in [-0.3, -0.25) is 4.79 Å². The van der Waals surface area contributed by atoms with E-state index in [1.54, 1.807) is 13.0 Å². The lowest BCUT2D eigenvalue weighted by atomic mass is 10.1. The summed E-state index contributed by atoms with van der Waals surface area (Å²) < 4.78 is 14.7. The van der Waals surface area contributed by atoms with Gasteiger partial charge in [0.2, 0.25) is 0 Å². The Hall–Kier alpha value is -2.20. The molecular weight excluding hydrogens is 297 g/mol. The highest BCUT2D eigenvalue weighted by atomic mass is 32.1. The Kier molecular flexibility index (Phi) is 3.71. The van der Waals surface area contributed by atoms with Gasteiger partial charge >= 0.3 is 0 Å². The number of halogens is 1. The maximum atomic E-state index is 14.0. The summed E-state index contributed by atoms with van der Waals surface area (Å²) in [7, 11) is 0. The Balaban J connectivity index is 2.03. The molecule has 2 aromatic carbocycles. The van der Waals surface area contributed by atoms with Crippen molar-refractivity contribution in [1.29, 1.82) is 0 Å². The SMILES string of the molecule is Cc1cccc(C)c1NC(=O)c1sc2cccc(F)c2c1C. The van der Waals surface area contributed by atoms with Gasteiger partial charge < -0.3 is 5.32 Å². The van der Waals surface area contributed by atoms with E-state index in [1.807, 2.05) is 38.1 Å². The molecule has 0 radical (unpaired) electrons. The molecule has 1 heterocycles. The third-order valence-corrected chi connectivity index (χ3v) is 5.08. The first kappa shape index (κ1) is 14.7. The second-order valence-electron chi connectivity index (χ2n) is 5.39. The molecule has 0 saturated carbocycles. The molecule has 112 valence electrons. The van der Waals surface area contributed by atoms with Crippen LogP contribution >= 0.6 is 11.3 Å². The van der Waals surface area contributed by atoms with E-state index >= 15 is 0 Å². The number of fused-ring (bicyclic) bond motifs is 1. The molecule has 0 fully saturated rings. The second kappa shape index (κ2) is 5.54. The fourth-order valence-corrected chi connectivity index (χ4v) is 3.77. The zero-order valence-corrected chi connectivity index (χ0v) is 13.5. The van der Waals surface area contributed by atoms with Gasteiger partial charge in [0.05, 0.1) is 4.88 Å². The van der Waals surface area contributed by atoms with Crippen molar-refractivity contribution in [3.05, 3.63) is 63.8 Å². The molecule has 1 amide bonds. The summed E-state index contributed by atoms with van der Waals surface area (Å²) in [5, 5.41) is 3.51. The van der Waals surface area contributed by atoms with Gasteiger partial charge in [0, 0.05) is 15.8 Å². The van der Waals surface area contributed by atoms with E-state index in [0.717, 1.165) is 21.5 Å². The Morgan fingerprint density at radius 1 is 1.05 bits per heavy atom. The summed E-state index contributed by atoms with van der Waals surface area (Å²) in [5.74, 6) is -0.465. The van der Waals surface area contributed by atoms with Crippen molar-refractivity contribution in [2.45, 2.75) is 20.8 Å². The minimum atomic E-state index is -0.280. The van der Waals surface area contributed by atoms with Gasteiger partial charge in [-0.1, -0.05) is 24.3 Å². The fourth-order valence-electron chi connectivity index (χ4n) is 2.65. The minimum absolute atomic E-state index is 0.185. The second-order valence-corrected chi connectivity index (χ2v) is 6.44. The maximum absolute atomic E-state index is 14.0. The average molecular weight is 313 g/mol. The highest BCUT2D eigenvalue weighted by Crippen LogP contribution is 2.33. The van der Waals surface area contributed by atoms with Crippen LogP contribution in [-0.4, -0.2) is 5.91 Å². The lowest BCUT2D eigenvalue weighted by Gasteiger charge is -2.11. The lowest BCUT2D eigenvalue weighted by molar-refractivity contribution is 0.103.